The lowest BCUT2D eigenvalue weighted by Gasteiger charge is -2.19. The quantitative estimate of drug-likeness (QED) is 0.399. The van der Waals surface area contributed by atoms with Crippen LogP contribution in [-0.2, 0) is 16.4 Å². The molecular formula is C13H25IN4O2S2. The topological polar surface area (TPSA) is 83.5 Å². The normalized spacial score (nSPS) is 12.7. The summed E-state index contributed by atoms with van der Waals surface area (Å²) in [7, 11) is -1.47. The molecule has 0 aromatic carbocycles. The number of aryl methyl sites for hydroxylation is 1. The number of hydrogen-bond donors (Lipinski definition) is 2. The monoisotopic (exact) mass is 460 g/mol. The second kappa shape index (κ2) is 9.02. The molecule has 0 saturated carbocycles. The highest BCUT2D eigenvalue weighted by Crippen LogP contribution is 2.15. The third-order valence-electron chi connectivity index (χ3n) is 2.90. The van der Waals surface area contributed by atoms with Crippen LogP contribution in [0.5, 0.6) is 0 Å². The largest absolute Gasteiger partial charge is 0.355 e. The van der Waals surface area contributed by atoms with Crippen LogP contribution in [0.4, 0.5) is 0 Å². The van der Waals surface area contributed by atoms with E-state index >= 15 is 0 Å². The van der Waals surface area contributed by atoms with Gasteiger partial charge in [-0.2, -0.15) is 0 Å². The molecule has 0 aliphatic rings. The fourth-order valence-corrected chi connectivity index (χ4v) is 3.18. The molecule has 1 rings (SSSR count). The van der Waals surface area contributed by atoms with Crippen LogP contribution >= 0.6 is 35.3 Å². The van der Waals surface area contributed by atoms with E-state index in [1.165, 1.54) is 0 Å². The van der Waals surface area contributed by atoms with Crippen molar-refractivity contribution in [3.05, 3.63) is 16.1 Å². The molecule has 0 spiro atoms. The SMILES string of the molecule is CN=C(NCCS(=O)(=O)C(C)(C)C)NCc1ncc(C)s1.I. The van der Waals surface area contributed by atoms with Gasteiger partial charge < -0.3 is 10.6 Å². The summed E-state index contributed by atoms with van der Waals surface area (Å²) in [6.07, 6.45) is 1.83. The van der Waals surface area contributed by atoms with E-state index in [-0.39, 0.29) is 29.7 Å². The fourth-order valence-electron chi connectivity index (χ4n) is 1.47. The summed E-state index contributed by atoms with van der Waals surface area (Å²) < 4.78 is 23.3. The molecule has 0 radical (unpaired) electrons. The van der Waals surface area contributed by atoms with Gasteiger partial charge in [0.15, 0.2) is 15.8 Å². The maximum absolute atomic E-state index is 12.0. The molecule has 0 amide bonds. The van der Waals surface area contributed by atoms with Gasteiger partial charge in [-0.15, -0.1) is 35.3 Å². The minimum atomic E-state index is -3.12. The van der Waals surface area contributed by atoms with Crippen molar-refractivity contribution in [3.8, 4) is 0 Å². The Labute approximate surface area is 154 Å². The molecule has 0 aliphatic heterocycles. The minimum Gasteiger partial charge on any atom is -0.355 e. The second-order valence-corrected chi connectivity index (χ2v) is 9.83. The maximum Gasteiger partial charge on any atom is 0.191 e. The molecule has 0 aliphatic carbocycles. The average molecular weight is 460 g/mol. The van der Waals surface area contributed by atoms with Gasteiger partial charge >= 0.3 is 0 Å². The molecule has 6 nitrogen and oxygen atoms in total. The number of rotatable bonds is 5. The summed E-state index contributed by atoms with van der Waals surface area (Å²) in [5.41, 5.74) is 0. The van der Waals surface area contributed by atoms with Gasteiger partial charge in [0.25, 0.3) is 0 Å². The lowest BCUT2D eigenvalue weighted by atomic mass is 10.3. The molecule has 0 bridgehead atoms. The first-order valence-electron chi connectivity index (χ1n) is 6.74. The van der Waals surface area contributed by atoms with Crippen LogP contribution in [0.1, 0.15) is 30.7 Å². The van der Waals surface area contributed by atoms with Crippen molar-refractivity contribution in [3.63, 3.8) is 0 Å². The van der Waals surface area contributed by atoms with Gasteiger partial charge in [0.2, 0.25) is 0 Å². The van der Waals surface area contributed by atoms with Gasteiger partial charge in [-0.1, -0.05) is 0 Å². The third-order valence-corrected chi connectivity index (χ3v) is 6.42. The molecule has 1 aromatic heterocycles. The number of aliphatic imine (C=N–C) groups is 1. The number of aromatic nitrogens is 1. The third kappa shape index (κ3) is 6.78. The molecule has 1 aromatic rings. The van der Waals surface area contributed by atoms with E-state index in [1.807, 2.05) is 13.1 Å². The highest BCUT2D eigenvalue weighted by molar-refractivity contribution is 14.0. The smallest absolute Gasteiger partial charge is 0.191 e. The average Bonchev–Trinajstić information content (AvgIpc) is 2.78. The molecule has 2 N–H and O–H groups in total. The van der Waals surface area contributed by atoms with Crippen LogP contribution in [0.2, 0.25) is 0 Å². The Morgan fingerprint density at radius 1 is 1.36 bits per heavy atom. The summed E-state index contributed by atoms with van der Waals surface area (Å²) in [4.78, 5) is 9.48. The zero-order valence-corrected chi connectivity index (χ0v) is 17.6. The molecule has 0 saturated heterocycles. The number of nitrogens with zero attached hydrogens (tertiary/aromatic N) is 2. The standard InChI is InChI=1S/C13H24N4O2S2.HI/c1-10-8-16-11(20-10)9-17-12(14-5)15-6-7-21(18,19)13(2,3)4;/h8H,6-7,9H2,1-5H3,(H2,14,15,17);1H. The number of halogens is 1. The van der Waals surface area contributed by atoms with E-state index in [0.29, 0.717) is 19.0 Å². The first-order chi connectivity index (χ1) is 9.65. The van der Waals surface area contributed by atoms with E-state index < -0.39 is 14.6 Å². The summed E-state index contributed by atoms with van der Waals surface area (Å²) in [6, 6.07) is 0. The molecule has 22 heavy (non-hydrogen) atoms. The lowest BCUT2D eigenvalue weighted by Crippen LogP contribution is -2.41. The van der Waals surface area contributed by atoms with E-state index in [9.17, 15) is 8.42 Å². The Balaban J connectivity index is 0.00000441. The number of guanidine groups is 1. The molecule has 0 unspecified atom stereocenters. The Hall–Kier alpha value is -0.420. The Morgan fingerprint density at radius 2 is 2.00 bits per heavy atom. The molecular weight excluding hydrogens is 435 g/mol. The second-order valence-electron chi connectivity index (χ2n) is 5.65. The van der Waals surface area contributed by atoms with Gasteiger partial charge in [0.05, 0.1) is 17.0 Å². The highest BCUT2D eigenvalue weighted by atomic mass is 127. The van der Waals surface area contributed by atoms with Crippen molar-refractivity contribution in [2.45, 2.75) is 39.0 Å². The first-order valence-corrected chi connectivity index (χ1v) is 9.21. The fraction of sp³-hybridized carbons (Fsp3) is 0.692. The Morgan fingerprint density at radius 3 is 2.45 bits per heavy atom. The van der Waals surface area contributed by atoms with Gasteiger partial charge in [0.1, 0.15) is 5.01 Å². The van der Waals surface area contributed by atoms with Gasteiger partial charge in [-0.25, -0.2) is 13.4 Å². The highest BCUT2D eigenvalue weighted by Gasteiger charge is 2.28. The van der Waals surface area contributed by atoms with Crippen LogP contribution in [0.25, 0.3) is 0 Å². The van der Waals surface area contributed by atoms with Gasteiger partial charge in [-0.05, 0) is 27.7 Å². The summed E-state index contributed by atoms with van der Waals surface area (Å²) in [5.74, 6) is 0.653. The molecule has 1 heterocycles. The summed E-state index contributed by atoms with van der Waals surface area (Å²) in [5, 5.41) is 7.10. The Bertz CT molecular complexity index is 591. The van der Waals surface area contributed by atoms with Crippen LogP contribution in [-0.4, -0.2) is 43.5 Å². The van der Waals surface area contributed by atoms with E-state index in [4.69, 9.17) is 0 Å². The van der Waals surface area contributed by atoms with Crippen molar-refractivity contribution >= 4 is 51.1 Å². The van der Waals surface area contributed by atoms with Gasteiger partial charge in [0, 0.05) is 24.7 Å². The van der Waals surface area contributed by atoms with E-state index in [2.05, 4.69) is 20.6 Å². The van der Waals surface area contributed by atoms with Crippen LogP contribution < -0.4 is 10.6 Å². The summed E-state index contributed by atoms with van der Waals surface area (Å²) in [6.45, 7) is 8.03. The number of sulfone groups is 1. The number of thiazole rings is 1. The number of hydrogen-bond acceptors (Lipinski definition) is 5. The molecule has 0 atom stereocenters. The lowest BCUT2D eigenvalue weighted by molar-refractivity contribution is 0.559. The van der Waals surface area contributed by atoms with Crippen molar-refractivity contribution in [2.24, 2.45) is 4.99 Å². The van der Waals surface area contributed by atoms with Crippen LogP contribution in [0, 0.1) is 6.92 Å². The first kappa shape index (κ1) is 21.6. The number of nitrogens with one attached hydrogen (secondary N) is 2. The predicted molar refractivity (Wildman–Crippen MR) is 104 cm³/mol. The zero-order chi connectivity index (χ0) is 16.1. The van der Waals surface area contributed by atoms with Crippen molar-refractivity contribution in [1.29, 1.82) is 0 Å². The Kier molecular flexibility index (Phi) is 8.85. The van der Waals surface area contributed by atoms with Crippen molar-refractivity contribution in [1.82, 2.24) is 15.6 Å². The molecule has 9 heteroatoms. The molecule has 128 valence electrons. The predicted octanol–water partition coefficient (Wildman–Crippen LogP) is 1.95. The van der Waals surface area contributed by atoms with Crippen LogP contribution in [0.15, 0.2) is 11.2 Å². The van der Waals surface area contributed by atoms with Crippen LogP contribution in [0.3, 0.4) is 0 Å². The molecule has 0 fully saturated rings. The van der Waals surface area contributed by atoms with E-state index in [0.717, 1.165) is 9.88 Å². The van der Waals surface area contributed by atoms with Crippen molar-refractivity contribution < 1.29 is 8.42 Å². The minimum absolute atomic E-state index is 0. The zero-order valence-electron chi connectivity index (χ0n) is 13.6. The van der Waals surface area contributed by atoms with Crippen molar-refractivity contribution in [2.75, 3.05) is 19.3 Å². The maximum atomic E-state index is 12.0. The van der Waals surface area contributed by atoms with E-state index in [1.54, 1.807) is 39.2 Å². The van der Waals surface area contributed by atoms with Gasteiger partial charge in [-0.3, -0.25) is 4.99 Å². The summed E-state index contributed by atoms with van der Waals surface area (Å²) >= 11 is 1.62.